The van der Waals surface area contributed by atoms with E-state index >= 15 is 0 Å². The number of aromatic hydroxyl groups is 1. The molecule has 0 bridgehead atoms. The molecular formula is C19H22N2O4. The Morgan fingerprint density at radius 3 is 2.08 bits per heavy atom. The van der Waals surface area contributed by atoms with Crippen molar-refractivity contribution in [3.63, 3.8) is 0 Å². The van der Waals surface area contributed by atoms with E-state index in [9.17, 15) is 14.7 Å². The molecule has 0 saturated heterocycles. The maximum Gasteiger partial charge on any atom is 0.262 e. The number of hydrogen-bond donors (Lipinski definition) is 3. The number of benzene rings is 2. The van der Waals surface area contributed by atoms with E-state index < -0.39 is 0 Å². The number of nitrogens with one attached hydrogen (secondary N) is 2. The average Bonchev–Trinajstić information content (AvgIpc) is 2.55. The Morgan fingerprint density at radius 2 is 1.52 bits per heavy atom. The normalized spacial score (nSPS) is 10.4. The highest BCUT2D eigenvalue weighted by Gasteiger charge is 2.08. The Kier molecular flexibility index (Phi) is 6.39. The van der Waals surface area contributed by atoms with Crippen LogP contribution in [-0.4, -0.2) is 23.5 Å². The minimum absolute atomic E-state index is 0.0169. The second-order valence-corrected chi connectivity index (χ2v) is 6.03. The summed E-state index contributed by atoms with van der Waals surface area (Å²) in [6.45, 7) is 3.75. The number of anilines is 2. The van der Waals surface area contributed by atoms with E-state index in [1.54, 1.807) is 42.5 Å². The number of phenolic OH excluding ortho intramolecular Hbond substituents is 1. The van der Waals surface area contributed by atoms with Gasteiger partial charge in [-0.25, -0.2) is 0 Å². The number of ether oxygens (including phenoxy) is 1. The van der Waals surface area contributed by atoms with Crippen LogP contribution in [0.25, 0.3) is 0 Å². The zero-order valence-corrected chi connectivity index (χ0v) is 14.3. The topological polar surface area (TPSA) is 87.7 Å². The molecule has 132 valence electrons. The summed E-state index contributed by atoms with van der Waals surface area (Å²) >= 11 is 0. The van der Waals surface area contributed by atoms with Gasteiger partial charge in [0.05, 0.1) is 0 Å². The zero-order valence-electron chi connectivity index (χ0n) is 14.3. The monoisotopic (exact) mass is 342 g/mol. The molecular weight excluding hydrogens is 320 g/mol. The fourth-order valence-corrected chi connectivity index (χ4v) is 2.14. The van der Waals surface area contributed by atoms with Crippen molar-refractivity contribution >= 4 is 23.2 Å². The molecule has 0 fully saturated rings. The van der Waals surface area contributed by atoms with E-state index in [0.717, 1.165) is 0 Å². The van der Waals surface area contributed by atoms with Gasteiger partial charge in [-0.05, 0) is 42.3 Å². The maximum absolute atomic E-state index is 11.9. The lowest BCUT2D eigenvalue weighted by Crippen LogP contribution is -2.20. The highest BCUT2D eigenvalue weighted by Crippen LogP contribution is 2.24. The third-order valence-electron chi connectivity index (χ3n) is 3.27. The minimum Gasteiger partial charge on any atom is -0.504 e. The summed E-state index contributed by atoms with van der Waals surface area (Å²) in [4.78, 5) is 23.6. The highest BCUT2D eigenvalue weighted by molar-refractivity contribution is 5.93. The molecule has 0 unspecified atom stereocenters. The van der Waals surface area contributed by atoms with Crippen LogP contribution >= 0.6 is 0 Å². The predicted molar refractivity (Wildman–Crippen MR) is 96.8 cm³/mol. The molecule has 25 heavy (non-hydrogen) atoms. The first-order valence-corrected chi connectivity index (χ1v) is 8.04. The van der Waals surface area contributed by atoms with Gasteiger partial charge in [0.25, 0.3) is 5.91 Å². The van der Waals surface area contributed by atoms with Gasteiger partial charge in [0.1, 0.15) is 0 Å². The molecule has 0 aliphatic heterocycles. The predicted octanol–water partition coefficient (Wildman–Crippen LogP) is 3.39. The number of carbonyl (C=O) groups is 2. The van der Waals surface area contributed by atoms with Crippen molar-refractivity contribution in [3.8, 4) is 11.5 Å². The van der Waals surface area contributed by atoms with Gasteiger partial charge in [0, 0.05) is 17.8 Å². The highest BCUT2D eigenvalue weighted by atomic mass is 16.5. The van der Waals surface area contributed by atoms with Crippen molar-refractivity contribution in [2.75, 3.05) is 17.2 Å². The van der Waals surface area contributed by atoms with Crippen LogP contribution in [0.2, 0.25) is 0 Å². The number of amides is 2. The van der Waals surface area contributed by atoms with Crippen LogP contribution in [0.3, 0.4) is 0 Å². The van der Waals surface area contributed by atoms with Gasteiger partial charge in [-0.3, -0.25) is 9.59 Å². The first-order valence-electron chi connectivity index (χ1n) is 8.04. The summed E-state index contributed by atoms with van der Waals surface area (Å²) < 4.78 is 5.27. The largest absolute Gasteiger partial charge is 0.504 e. The van der Waals surface area contributed by atoms with Crippen LogP contribution in [0.4, 0.5) is 11.4 Å². The second kappa shape index (κ2) is 8.73. The van der Waals surface area contributed by atoms with Gasteiger partial charge < -0.3 is 20.5 Å². The third kappa shape index (κ3) is 6.18. The Balaban J connectivity index is 1.83. The van der Waals surface area contributed by atoms with Crippen molar-refractivity contribution < 1.29 is 19.4 Å². The molecule has 6 nitrogen and oxygen atoms in total. The molecule has 2 aromatic carbocycles. The van der Waals surface area contributed by atoms with Gasteiger partial charge >= 0.3 is 0 Å². The lowest BCUT2D eigenvalue weighted by Gasteiger charge is -2.10. The first kappa shape index (κ1) is 18.3. The third-order valence-corrected chi connectivity index (χ3v) is 3.27. The molecule has 0 radical (unpaired) electrons. The lowest BCUT2D eigenvalue weighted by atomic mass is 10.1. The maximum atomic E-state index is 11.9. The van der Waals surface area contributed by atoms with Crippen LogP contribution in [0.15, 0.2) is 48.5 Å². The SMILES string of the molecule is CC(C)CC(=O)Nc1ccc(NC(=O)COc2ccccc2O)cc1. The number of carbonyl (C=O) groups excluding carboxylic acids is 2. The molecule has 0 spiro atoms. The minimum atomic E-state index is -0.347. The molecule has 2 aromatic rings. The van der Waals surface area contributed by atoms with Crippen LogP contribution in [-0.2, 0) is 9.59 Å². The van der Waals surface area contributed by atoms with Crippen LogP contribution in [0, 0.1) is 5.92 Å². The molecule has 2 amide bonds. The second-order valence-electron chi connectivity index (χ2n) is 6.03. The standard InChI is InChI=1S/C19H22N2O4/c1-13(2)11-18(23)20-14-7-9-15(10-8-14)21-19(24)12-25-17-6-4-3-5-16(17)22/h3-10,13,22H,11-12H2,1-2H3,(H,20,23)(H,21,24). The Labute approximate surface area is 146 Å². The van der Waals surface area contributed by atoms with E-state index in [4.69, 9.17) is 4.74 Å². The van der Waals surface area contributed by atoms with Crippen molar-refractivity contribution in [3.05, 3.63) is 48.5 Å². The van der Waals surface area contributed by atoms with Crippen LogP contribution in [0.1, 0.15) is 20.3 Å². The quantitative estimate of drug-likeness (QED) is 0.720. The summed E-state index contributed by atoms with van der Waals surface area (Å²) in [6.07, 6.45) is 0.460. The van der Waals surface area contributed by atoms with Crippen molar-refractivity contribution in [2.24, 2.45) is 5.92 Å². The summed E-state index contributed by atoms with van der Waals surface area (Å²) in [6, 6.07) is 13.3. The molecule has 0 atom stereocenters. The Bertz CT molecular complexity index is 726. The fraction of sp³-hybridized carbons (Fsp3) is 0.263. The number of rotatable bonds is 7. The fourth-order valence-electron chi connectivity index (χ4n) is 2.14. The van der Waals surface area contributed by atoms with E-state index in [1.807, 2.05) is 13.8 Å². The van der Waals surface area contributed by atoms with E-state index in [2.05, 4.69) is 10.6 Å². The van der Waals surface area contributed by atoms with Crippen LogP contribution < -0.4 is 15.4 Å². The van der Waals surface area contributed by atoms with Crippen molar-refractivity contribution in [1.29, 1.82) is 0 Å². The molecule has 0 aromatic heterocycles. The molecule has 3 N–H and O–H groups in total. The molecule has 0 saturated carbocycles. The molecule has 2 rings (SSSR count). The Hall–Kier alpha value is -3.02. The summed E-state index contributed by atoms with van der Waals surface area (Å²) in [7, 11) is 0. The molecule has 0 heterocycles. The molecule has 6 heteroatoms. The van der Waals surface area contributed by atoms with E-state index in [-0.39, 0.29) is 29.9 Å². The summed E-state index contributed by atoms with van der Waals surface area (Å²) in [5.41, 5.74) is 1.27. The summed E-state index contributed by atoms with van der Waals surface area (Å²) in [5.74, 6) is 0.142. The van der Waals surface area contributed by atoms with Gasteiger partial charge in [0.2, 0.25) is 5.91 Å². The molecule has 0 aliphatic rings. The van der Waals surface area contributed by atoms with Crippen molar-refractivity contribution in [2.45, 2.75) is 20.3 Å². The van der Waals surface area contributed by atoms with Crippen molar-refractivity contribution in [1.82, 2.24) is 0 Å². The first-order chi connectivity index (χ1) is 11.9. The molecule has 0 aliphatic carbocycles. The zero-order chi connectivity index (χ0) is 18.2. The summed E-state index contributed by atoms with van der Waals surface area (Å²) in [5, 5.41) is 15.1. The smallest absolute Gasteiger partial charge is 0.262 e. The average molecular weight is 342 g/mol. The van der Waals surface area contributed by atoms with Crippen LogP contribution in [0.5, 0.6) is 11.5 Å². The van der Waals surface area contributed by atoms with Gasteiger partial charge in [-0.1, -0.05) is 26.0 Å². The van der Waals surface area contributed by atoms with Gasteiger partial charge in [-0.2, -0.15) is 0 Å². The van der Waals surface area contributed by atoms with Gasteiger partial charge in [0.15, 0.2) is 18.1 Å². The van der Waals surface area contributed by atoms with E-state index in [1.165, 1.54) is 6.07 Å². The number of phenols is 1. The lowest BCUT2D eigenvalue weighted by molar-refractivity contribution is -0.118. The number of para-hydroxylation sites is 2. The Morgan fingerprint density at radius 1 is 0.960 bits per heavy atom. The number of hydrogen-bond acceptors (Lipinski definition) is 4. The van der Waals surface area contributed by atoms with E-state index in [0.29, 0.717) is 23.7 Å². The van der Waals surface area contributed by atoms with Gasteiger partial charge in [-0.15, -0.1) is 0 Å².